The van der Waals surface area contributed by atoms with E-state index in [2.05, 4.69) is 0 Å². The van der Waals surface area contributed by atoms with E-state index in [4.69, 9.17) is 9.47 Å². The Balaban J connectivity index is 2.25. The average molecular weight is 423 g/mol. The minimum atomic E-state index is -4.58. The summed E-state index contributed by atoms with van der Waals surface area (Å²) >= 11 is 0. The molecule has 0 spiro atoms. The molecule has 1 heterocycles. The molecule has 0 aliphatic carbocycles. The average Bonchev–Trinajstić information content (AvgIpc) is 2.74. The number of halogens is 3. The van der Waals surface area contributed by atoms with Gasteiger partial charge in [-0.25, -0.2) is 0 Å². The molecular formula is C22H24F3NO4. The molecule has 0 aromatic heterocycles. The Morgan fingerprint density at radius 3 is 2.47 bits per heavy atom. The molecule has 162 valence electrons. The maximum absolute atomic E-state index is 13.9. The normalized spacial score (nSPS) is 18.6. The van der Waals surface area contributed by atoms with Crippen molar-refractivity contribution < 1.29 is 32.5 Å². The zero-order valence-electron chi connectivity index (χ0n) is 16.8. The molecule has 3 rings (SSSR count). The van der Waals surface area contributed by atoms with Gasteiger partial charge in [0.1, 0.15) is 17.5 Å². The number of carboxylic acid groups (broad SMARTS) is 1. The van der Waals surface area contributed by atoms with Crippen molar-refractivity contribution in [2.75, 3.05) is 20.8 Å². The number of likely N-dealkylation sites (tertiary alicyclic amines) is 1. The van der Waals surface area contributed by atoms with E-state index in [0.29, 0.717) is 42.9 Å². The fraction of sp³-hybridized carbons (Fsp3) is 0.409. The number of methoxy groups -OCH3 is 2. The van der Waals surface area contributed by atoms with Gasteiger partial charge in [-0.1, -0.05) is 24.6 Å². The monoisotopic (exact) mass is 423 g/mol. The van der Waals surface area contributed by atoms with Crippen LogP contribution in [0.2, 0.25) is 0 Å². The molecular weight excluding hydrogens is 399 g/mol. The lowest BCUT2D eigenvalue weighted by Crippen LogP contribution is -2.47. The second kappa shape index (κ2) is 8.95. The number of ether oxygens (including phenoxy) is 2. The Hall–Kier alpha value is -2.74. The van der Waals surface area contributed by atoms with Gasteiger partial charge in [-0.15, -0.1) is 0 Å². The number of nitrogens with zero attached hydrogens (tertiary/aromatic N) is 1. The Morgan fingerprint density at radius 1 is 1.10 bits per heavy atom. The first kappa shape index (κ1) is 22.0. The topological polar surface area (TPSA) is 59.0 Å². The van der Waals surface area contributed by atoms with E-state index >= 15 is 0 Å². The van der Waals surface area contributed by atoms with E-state index in [1.807, 2.05) is 0 Å². The molecule has 30 heavy (non-hydrogen) atoms. The fourth-order valence-corrected chi connectivity index (χ4v) is 4.09. The summed E-state index contributed by atoms with van der Waals surface area (Å²) in [5, 5.41) is 9.77. The molecule has 1 aliphatic rings. The zero-order valence-corrected chi connectivity index (χ0v) is 16.8. The fourth-order valence-electron chi connectivity index (χ4n) is 4.09. The summed E-state index contributed by atoms with van der Waals surface area (Å²) in [7, 11) is 2.91. The summed E-state index contributed by atoms with van der Waals surface area (Å²) in [4.78, 5) is 13.6. The molecule has 1 N–H and O–H groups in total. The molecule has 2 aromatic carbocycles. The molecule has 0 radical (unpaired) electrons. The Bertz CT molecular complexity index is 900. The van der Waals surface area contributed by atoms with Crippen LogP contribution < -0.4 is 9.47 Å². The van der Waals surface area contributed by atoms with E-state index in [-0.39, 0.29) is 5.56 Å². The number of aliphatic carboxylic acids is 1. The maximum atomic E-state index is 13.9. The highest BCUT2D eigenvalue weighted by Gasteiger charge is 2.41. The highest BCUT2D eigenvalue weighted by molar-refractivity contribution is 5.74. The molecule has 1 saturated heterocycles. The van der Waals surface area contributed by atoms with Gasteiger partial charge in [0.25, 0.3) is 0 Å². The molecule has 2 unspecified atom stereocenters. The SMILES string of the molecule is COc1ccc(C(c2ccccc2C(F)(F)F)N2CCCCC2C(=O)O)c(OC)c1. The number of hydrogen-bond donors (Lipinski definition) is 1. The van der Waals surface area contributed by atoms with Crippen LogP contribution in [-0.4, -0.2) is 42.8 Å². The van der Waals surface area contributed by atoms with Crippen LogP contribution in [0.5, 0.6) is 11.5 Å². The number of alkyl halides is 3. The standard InChI is InChI=1S/C22H24F3NO4/c1-29-14-10-11-16(19(13-14)30-2)20(26-12-6-5-9-18(26)21(27)28)15-7-3-4-8-17(15)22(23,24)25/h3-4,7-8,10-11,13,18,20H,5-6,9,12H2,1-2H3,(H,27,28). The highest BCUT2D eigenvalue weighted by Crippen LogP contribution is 2.44. The van der Waals surface area contributed by atoms with Gasteiger partial charge in [0.05, 0.1) is 25.8 Å². The van der Waals surface area contributed by atoms with Crippen LogP contribution in [-0.2, 0) is 11.0 Å². The first-order valence-corrected chi connectivity index (χ1v) is 9.64. The molecule has 0 saturated carbocycles. The summed E-state index contributed by atoms with van der Waals surface area (Å²) in [5.41, 5.74) is -0.327. The first-order chi connectivity index (χ1) is 14.3. The summed E-state index contributed by atoms with van der Waals surface area (Å²) in [6, 6.07) is 8.35. The number of rotatable bonds is 6. The molecule has 0 amide bonds. The number of benzene rings is 2. The van der Waals surface area contributed by atoms with Crippen molar-refractivity contribution in [3.63, 3.8) is 0 Å². The maximum Gasteiger partial charge on any atom is 0.416 e. The van der Waals surface area contributed by atoms with Crippen LogP contribution in [0.3, 0.4) is 0 Å². The number of piperidine rings is 1. The highest BCUT2D eigenvalue weighted by atomic mass is 19.4. The third kappa shape index (κ3) is 4.38. The van der Waals surface area contributed by atoms with Crippen molar-refractivity contribution in [3.8, 4) is 11.5 Å². The lowest BCUT2D eigenvalue weighted by atomic mass is 9.88. The van der Waals surface area contributed by atoms with Crippen LogP contribution in [0.15, 0.2) is 42.5 Å². The van der Waals surface area contributed by atoms with Crippen LogP contribution in [0.25, 0.3) is 0 Å². The van der Waals surface area contributed by atoms with Crippen molar-refractivity contribution in [1.82, 2.24) is 4.90 Å². The zero-order chi connectivity index (χ0) is 21.9. The predicted molar refractivity (Wildman–Crippen MR) is 105 cm³/mol. The molecule has 8 heteroatoms. The van der Waals surface area contributed by atoms with Gasteiger partial charge in [-0.05, 0) is 43.1 Å². The lowest BCUT2D eigenvalue weighted by molar-refractivity contribution is -0.145. The van der Waals surface area contributed by atoms with Gasteiger partial charge >= 0.3 is 12.1 Å². The van der Waals surface area contributed by atoms with E-state index in [9.17, 15) is 23.1 Å². The van der Waals surface area contributed by atoms with Gasteiger partial charge in [0, 0.05) is 11.6 Å². The quantitative estimate of drug-likeness (QED) is 0.727. The van der Waals surface area contributed by atoms with Crippen LogP contribution >= 0.6 is 0 Å². The van der Waals surface area contributed by atoms with E-state index in [1.54, 1.807) is 23.1 Å². The molecule has 2 atom stereocenters. The van der Waals surface area contributed by atoms with Crippen molar-refractivity contribution >= 4 is 5.97 Å². The van der Waals surface area contributed by atoms with Crippen molar-refractivity contribution in [2.24, 2.45) is 0 Å². The summed E-state index contributed by atoms with van der Waals surface area (Å²) in [6.45, 7) is 0.364. The molecule has 2 aromatic rings. The van der Waals surface area contributed by atoms with Crippen molar-refractivity contribution in [1.29, 1.82) is 0 Å². The van der Waals surface area contributed by atoms with Gasteiger partial charge in [0.2, 0.25) is 0 Å². The molecule has 1 aliphatic heterocycles. The smallest absolute Gasteiger partial charge is 0.416 e. The summed E-state index contributed by atoms with van der Waals surface area (Å²) in [6.07, 6.45) is -2.80. The second-order valence-electron chi connectivity index (χ2n) is 7.18. The van der Waals surface area contributed by atoms with E-state index in [1.165, 1.54) is 32.4 Å². The Kier molecular flexibility index (Phi) is 6.55. The van der Waals surface area contributed by atoms with Crippen LogP contribution in [0, 0.1) is 0 Å². The number of carboxylic acids is 1. The number of hydrogen-bond acceptors (Lipinski definition) is 4. The van der Waals surface area contributed by atoms with Crippen molar-refractivity contribution in [3.05, 3.63) is 59.2 Å². The minimum Gasteiger partial charge on any atom is -0.497 e. The third-order valence-electron chi connectivity index (χ3n) is 5.46. The summed E-state index contributed by atoms with van der Waals surface area (Å²) < 4.78 is 52.3. The van der Waals surface area contributed by atoms with E-state index < -0.39 is 29.8 Å². The minimum absolute atomic E-state index is 0.00150. The second-order valence-corrected chi connectivity index (χ2v) is 7.18. The Labute approximate surface area is 173 Å². The van der Waals surface area contributed by atoms with Crippen molar-refractivity contribution in [2.45, 2.75) is 37.5 Å². The first-order valence-electron chi connectivity index (χ1n) is 9.64. The Morgan fingerprint density at radius 2 is 1.83 bits per heavy atom. The van der Waals surface area contributed by atoms with Gasteiger partial charge in [-0.2, -0.15) is 13.2 Å². The van der Waals surface area contributed by atoms with Crippen LogP contribution in [0.1, 0.15) is 42.0 Å². The predicted octanol–water partition coefficient (Wildman–Crippen LogP) is 4.75. The summed E-state index contributed by atoms with van der Waals surface area (Å²) in [5.74, 6) is -0.213. The molecule has 1 fully saturated rings. The molecule has 0 bridgehead atoms. The van der Waals surface area contributed by atoms with E-state index in [0.717, 1.165) is 6.07 Å². The number of carbonyl (C=O) groups is 1. The van der Waals surface area contributed by atoms with Crippen LogP contribution in [0.4, 0.5) is 13.2 Å². The van der Waals surface area contributed by atoms with Gasteiger partial charge in [0.15, 0.2) is 0 Å². The third-order valence-corrected chi connectivity index (χ3v) is 5.46. The molecule has 5 nitrogen and oxygen atoms in total. The van der Waals surface area contributed by atoms with Gasteiger partial charge < -0.3 is 14.6 Å². The largest absolute Gasteiger partial charge is 0.497 e. The lowest BCUT2D eigenvalue weighted by Gasteiger charge is -2.40. The van der Waals surface area contributed by atoms with Gasteiger partial charge in [-0.3, -0.25) is 9.69 Å².